The summed E-state index contributed by atoms with van der Waals surface area (Å²) < 4.78 is 0.660. The highest BCUT2D eigenvalue weighted by Gasteiger charge is 2.40. The van der Waals surface area contributed by atoms with E-state index in [1.165, 1.54) is 6.21 Å². The monoisotopic (exact) mass is 435 g/mol. The van der Waals surface area contributed by atoms with Gasteiger partial charge in [-0.05, 0) is 17.7 Å². The molecule has 1 aliphatic heterocycles. The molecule has 0 aromatic heterocycles. The second-order valence-electron chi connectivity index (χ2n) is 5.80. The van der Waals surface area contributed by atoms with Crippen molar-refractivity contribution in [2.45, 2.75) is 5.92 Å². The van der Waals surface area contributed by atoms with Crippen LogP contribution in [-0.4, -0.2) is 29.7 Å². The Hall–Kier alpha value is -2.38. The molecule has 2 atom stereocenters. The Balaban J connectivity index is 1.74. The molecule has 1 heterocycles. The summed E-state index contributed by atoms with van der Waals surface area (Å²) in [4.78, 5) is 24.6. The summed E-state index contributed by atoms with van der Waals surface area (Å²) in [5.74, 6) is -2.11. The van der Waals surface area contributed by atoms with Gasteiger partial charge in [-0.25, -0.2) is 5.43 Å². The van der Waals surface area contributed by atoms with Crippen molar-refractivity contribution in [1.82, 2.24) is 10.7 Å². The van der Waals surface area contributed by atoms with Crippen LogP contribution in [0.15, 0.2) is 52.0 Å². The molecule has 0 unspecified atom stereocenters. The lowest BCUT2D eigenvalue weighted by molar-refractivity contribution is -0.133. The van der Waals surface area contributed by atoms with Gasteiger partial charge in [0.1, 0.15) is 11.7 Å². The van der Waals surface area contributed by atoms with Crippen LogP contribution in [-0.2, 0) is 9.59 Å². The molecule has 8 heteroatoms. The van der Waals surface area contributed by atoms with Crippen LogP contribution in [0.1, 0.15) is 17.0 Å². The van der Waals surface area contributed by atoms with Crippen molar-refractivity contribution >= 4 is 45.6 Å². The number of rotatable bonds is 4. The minimum Gasteiger partial charge on any atom is -0.506 e. The fourth-order valence-electron chi connectivity index (χ4n) is 2.85. The van der Waals surface area contributed by atoms with E-state index >= 15 is 0 Å². The molecule has 2 aromatic rings. The van der Waals surface area contributed by atoms with Gasteiger partial charge in [0.05, 0.1) is 11.2 Å². The number of halogens is 2. The third-order valence-electron chi connectivity index (χ3n) is 4.13. The second kappa shape index (κ2) is 7.88. The Morgan fingerprint density at radius 3 is 2.81 bits per heavy atom. The number of benzene rings is 2. The van der Waals surface area contributed by atoms with E-state index in [0.717, 1.165) is 5.56 Å². The van der Waals surface area contributed by atoms with Crippen LogP contribution in [0.5, 0.6) is 5.75 Å². The maximum atomic E-state index is 12.5. The van der Waals surface area contributed by atoms with Gasteiger partial charge in [-0.1, -0.05) is 57.9 Å². The fraction of sp³-hybridized carbons (Fsp3) is 0.167. The van der Waals surface area contributed by atoms with E-state index in [4.69, 9.17) is 11.6 Å². The molecule has 3 N–H and O–H groups in total. The molecule has 1 aliphatic rings. The lowest BCUT2D eigenvalue weighted by Crippen LogP contribution is -2.34. The Kier molecular flexibility index (Phi) is 5.58. The van der Waals surface area contributed by atoms with Crippen molar-refractivity contribution in [3.05, 3.63) is 63.1 Å². The normalized spacial score (nSPS) is 19.5. The van der Waals surface area contributed by atoms with E-state index < -0.39 is 11.8 Å². The van der Waals surface area contributed by atoms with Gasteiger partial charge in [0, 0.05) is 22.5 Å². The summed E-state index contributed by atoms with van der Waals surface area (Å²) in [6.07, 6.45) is 1.27. The van der Waals surface area contributed by atoms with Gasteiger partial charge in [-0.2, -0.15) is 5.10 Å². The summed E-state index contributed by atoms with van der Waals surface area (Å²) in [5.41, 5.74) is 3.61. The minimum absolute atomic E-state index is 0.145. The number of hydrogen-bond acceptors (Lipinski definition) is 4. The van der Waals surface area contributed by atoms with E-state index in [1.54, 1.807) is 12.1 Å². The predicted molar refractivity (Wildman–Crippen MR) is 102 cm³/mol. The Labute approximate surface area is 163 Å². The minimum atomic E-state index is -0.866. The van der Waals surface area contributed by atoms with Crippen molar-refractivity contribution in [2.75, 3.05) is 6.54 Å². The standard InChI is InChI=1S/C18H15BrClN3O3/c19-12-6-11(16(24)14(20)7-12)8-22-23-18(26)15-13(9-21-17(15)25)10-4-2-1-3-5-10/h1-8,13,15,24H,9H2,(H,21,25)(H,23,26)/b22-8+/t13-,15-/m1/s1. The van der Waals surface area contributed by atoms with Gasteiger partial charge in [-0.15, -0.1) is 0 Å². The van der Waals surface area contributed by atoms with E-state index in [-0.39, 0.29) is 22.6 Å². The number of hydrazone groups is 1. The van der Waals surface area contributed by atoms with Crippen molar-refractivity contribution in [3.8, 4) is 5.75 Å². The van der Waals surface area contributed by atoms with Gasteiger partial charge in [0.2, 0.25) is 5.91 Å². The molecule has 3 rings (SSSR count). The topological polar surface area (TPSA) is 90.8 Å². The van der Waals surface area contributed by atoms with Gasteiger partial charge in [0.25, 0.3) is 5.91 Å². The number of phenols is 1. The molecule has 0 radical (unpaired) electrons. The van der Waals surface area contributed by atoms with Crippen LogP contribution in [0.4, 0.5) is 0 Å². The number of amides is 2. The van der Waals surface area contributed by atoms with Crippen LogP contribution < -0.4 is 10.7 Å². The summed E-state index contributed by atoms with van der Waals surface area (Å²) in [6.45, 7) is 0.396. The number of carbonyl (C=O) groups excluding carboxylic acids is 2. The molecule has 1 saturated heterocycles. The van der Waals surface area contributed by atoms with Gasteiger partial charge in [-0.3, -0.25) is 9.59 Å². The molecule has 0 aliphatic carbocycles. The van der Waals surface area contributed by atoms with Crippen LogP contribution in [0.2, 0.25) is 5.02 Å². The first-order valence-corrected chi connectivity index (χ1v) is 8.98. The highest BCUT2D eigenvalue weighted by Crippen LogP contribution is 2.31. The molecule has 1 fully saturated rings. The molecule has 2 aromatic carbocycles. The first-order chi connectivity index (χ1) is 12.5. The lowest BCUT2D eigenvalue weighted by atomic mass is 9.88. The Morgan fingerprint density at radius 2 is 2.08 bits per heavy atom. The summed E-state index contributed by atoms with van der Waals surface area (Å²) in [6, 6.07) is 12.5. The zero-order chi connectivity index (χ0) is 18.7. The number of nitrogens with one attached hydrogen (secondary N) is 2. The van der Waals surface area contributed by atoms with Gasteiger partial charge >= 0.3 is 0 Å². The zero-order valence-corrected chi connectivity index (χ0v) is 15.8. The van der Waals surface area contributed by atoms with E-state index in [9.17, 15) is 14.7 Å². The number of phenolic OH excluding ortho intramolecular Hbond substituents is 1. The van der Waals surface area contributed by atoms with Crippen molar-refractivity contribution in [1.29, 1.82) is 0 Å². The molecule has 2 amide bonds. The number of nitrogens with zero attached hydrogens (tertiary/aromatic N) is 1. The zero-order valence-electron chi connectivity index (χ0n) is 13.4. The van der Waals surface area contributed by atoms with Crippen LogP contribution in [0.25, 0.3) is 0 Å². The first-order valence-electron chi connectivity index (χ1n) is 7.81. The van der Waals surface area contributed by atoms with E-state index in [2.05, 4.69) is 31.8 Å². The third-order valence-corrected chi connectivity index (χ3v) is 4.87. The van der Waals surface area contributed by atoms with Crippen molar-refractivity contribution in [2.24, 2.45) is 11.0 Å². The number of hydrogen-bond donors (Lipinski definition) is 3. The molecular formula is C18H15BrClN3O3. The summed E-state index contributed by atoms with van der Waals surface area (Å²) >= 11 is 9.15. The predicted octanol–water partition coefficient (Wildman–Crippen LogP) is 2.79. The molecule has 134 valence electrons. The average Bonchev–Trinajstić information content (AvgIpc) is 3.01. The highest BCUT2D eigenvalue weighted by atomic mass is 79.9. The Morgan fingerprint density at radius 1 is 1.35 bits per heavy atom. The molecular weight excluding hydrogens is 422 g/mol. The third kappa shape index (κ3) is 3.89. The first kappa shape index (κ1) is 18.4. The second-order valence-corrected chi connectivity index (χ2v) is 7.12. The number of aromatic hydroxyl groups is 1. The van der Waals surface area contributed by atoms with Crippen LogP contribution >= 0.6 is 27.5 Å². The number of carbonyl (C=O) groups is 2. The smallest absolute Gasteiger partial charge is 0.253 e. The quantitative estimate of drug-likeness (QED) is 0.391. The Bertz CT molecular complexity index is 873. The summed E-state index contributed by atoms with van der Waals surface area (Å²) in [5, 5.41) is 16.6. The average molecular weight is 437 g/mol. The molecule has 0 spiro atoms. The fourth-order valence-corrected chi connectivity index (χ4v) is 3.69. The van der Waals surface area contributed by atoms with Gasteiger partial charge < -0.3 is 10.4 Å². The lowest BCUT2D eigenvalue weighted by Gasteiger charge is -2.15. The van der Waals surface area contributed by atoms with Crippen LogP contribution in [0.3, 0.4) is 0 Å². The maximum Gasteiger partial charge on any atom is 0.253 e. The van der Waals surface area contributed by atoms with Crippen LogP contribution in [0, 0.1) is 5.92 Å². The molecule has 26 heavy (non-hydrogen) atoms. The maximum absolute atomic E-state index is 12.5. The van der Waals surface area contributed by atoms with Crippen molar-refractivity contribution in [3.63, 3.8) is 0 Å². The summed E-state index contributed by atoms with van der Waals surface area (Å²) in [7, 11) is 0. The largest absolute Gasteiger partial charge is 0.506 e. The molecule has 0 bridgehead atoms. The molecule has 6 nitrogen and oxygen atoms in total. The van der Waals surface area contributed by atoms with E-state index in [0.29, 0.717) is 16.6 Å². The highest BCUT2D eigenvalue weighted by molar-refractivity contribution is 9.10. The van der Waals surface area contributed by atoms with Crippen molar-refractivity contribution < 1.29 is 14.7 Å². The molecule has 0 saturated carbocycles. The van der Waals surface area contributed by atoms with E-state index in [1.807, 2.05) is 30.3 Å². The van der Waals surface area contributed by atoms with Gasteiger partial charge in [0.15, 0.2) is 0 Å². The SMILES string of the molecule is O=C1NC[C@H](c2ccccc2)[C@H]1C(=O)N/N=C/c1cc(Br)cc(Cl)c1O.